The summed E-state index contributed by atoms with van der Waals surface area (Å²) in [6, 6.07) is 1.55. The molecule has 1 rings (SSSR count). The molecule has 0 atom stereocenters. The molecule has 6 heteroatoms. The number of hydrogen-bond acceptors (Lipinski definition) is 1. The Morgan fingerprint density at radius 3 is 1.60 bits per heavy atom. The van der Waals surface area contributed by atoms with Gasteiger partial charge in [-0.3, -0.25) is 0 Å². The van der Waals surface area contributed by atoms with Crippen molar-refractivity contribution >= 4 is 0 Å². The highest BCUT2D eigenvalue weighted by Crippen LogP contribution is 2.23. The first kappa shape index (κ1) is 11.4. The van der Waals surface area contributed by atoms with Gasteiger partial charge in [0.2, 0.25) is 5.82 Å². The molecule has 0 spiro atoms. The molecular weight excluding hydrogens is 217 g/mol. The number of hydrogen-bond donors (Lipinski definition) is 0. The monoisotopic (exact) mass is 221 g/mol. The maximum Gasteiger partial charge on any atom is 0.200 e. The van der Waals surface area contributed by atoms with Crippen molar-refractivity contribution in [3.63, 3.8) is 0 Å². The van der Waals surface area contributed by atoms with Crippen LogP contribution in [0.25, 0.3) is 0 Å². The topological polar surface area (TPSA) is 23.8 Å². The Morgan fingerprint density at radius 2 is 1.20 bits per heavy atom. The molecule has 1 nitrogen and oxygen atoms in total. The lowest BCUT2D eigenvalue weighted by molar-refractivity contribution is 0.370. The molecule has 0 bridgehead atoms. The number of nitrogens with zero attached hydrogens (tertiary/aromatic N) is 1. The Bertz CT molecular complexity index is 406. The van der Waals surface area contributed by atoms with Crippen molar-refractivity contribution in [3.05, 3.63) is 34.6 Å². The van der Waals surface area contributed by atoms with Gasteiger partial charge in [0.05, 0.1) is 6.07 Å². The zero-order valence-electron chi connectivity index (χ0n) is 7.25. The second kappa shape index (κ2) is 4.26. The predicted molar refractivity (Wildman–Crippen MR) is 40.2 cm³/mol. The van der Waals surface area contributed by atoms with E-state index in [1.54, 1.807) is 6.07 Å². The molecule has 0 radical (unpaired) electrons. The van der Waals surface area contributed by atoms with E-state index in [-0.39, 0.29) is 6.42 Å². The van der Waals surface area contributed by atoms with E-state index < -0.39 is 41.1 Å². The van der Waals surface area contributed by atoms with Crippen molar-refractivity contribution in [2.75, 3.05) is 0 Å². The molecular formula is C9H4F5N. The van der Waals surface area contributed by atoms with E-state index in [2.05, 4.69) is 0 Å². The zero-order valence-corrected chi connectivity index (χ0v) is 7.25. The van der Waals surface area contributed by atoms with Gasteiger partial charge in [-0.15, -0.1) is 0 Å². The Labute approximate surface area is 81.7 Å². The van der Waals surface area contributed by atoms with Gasteiger partial charge in [0, 0.05) is 12.0 Å². The molecule has 0 aliphatic rings. The van der Waals surface area contributed by atoms with Crippen LogP contribution in [0, 0.1) is 40.4 Å². The second-order valence-corrected chi connectivity index (χ2v) is 2.71. The lowest BCUT2D eigenvalue weighted by Gasteiger charge is -2.05. The van der Waals surface area contributed by atoms with Crippen LogP contribution in [0.4, 0.5) is 22.0 Å². The highest BCUT2D eigenvalue weighted by atomic mass is 19.2. The lowest BCUT2D eigenvalue weighted by Crippen LogP contribution is -2.06. The summed E-state index contributed by atoms with van der Waals surface area (Å²) in [5, 5.41) is 8.15. The zero-order chi connectivity index (χ0) is 11.6. The molecule has 0 aliphatic carbocycles. The molecule has 0 amide bonds. The third-order valence-electron chi connectivity index (χ3n) is 1.79. The van der Waals surface area contributed by atoms with Gasteiger partial charge in [-0.1, -0.05) is 0 Å². The summed E-state index contributed by atoms with van der Waals surface area (Å²) in [5.74, 6) is -9.90. The molecule has 1 aromatic rings. The first-order valence-corrected chi connectivity index (χ1v) is 3.88. The summed E-state index contributed by atoms with van der Waals surface area (Å²) in [4.78, 5) is 0. The molecule has 15 heavy (non-hydrogen) atoms. The maximum absolute atomic E-state index is 12.9. The number of rotatable bonds is 2. The number of halogens is 5. The van der Waals surface area contributed by atoms with Crippen molar-refractivity contribution in [2.24, 2.45) is 0 Å². The molecule has 0 aromatic heterocycles. The first-order valence-electron chi connectivity index (χ1n) is 3.88. The van der Waals surface area contributed by atoms with Crippen LogP contribution in [-0.2, 0) is 6.42 Å². The summed E-state index contributed by atoms with van der Waals surface area (Å²) in [7, 11) is 0. The van der Waals surface area contributed by atoms with Crippen LogP contribution >= 0.6 is 0 Å². The molecule has 0 saturated carbocycles. The van der Waals surface area contributed by atoms with E-state index in [0.29, 0.717) is 0 Å². The van der Waals surface area contributed by atoms with E-state index in [4.69, 9.17) is 5.26 Å². The average molecular weight is 221 g/mol. The van der Waals surface area contributed by atoms with Gasteiger partial charge in [-0.05, 0) is 6.42 Å². The summed E-state index contributed by atoms with van der Waals surface area (Å²) in [6.45, 7) is 0. The van der Waals surface area contributed by atoms with Gasteiger partial charge in [0.1, 0.15) is 0 Å². The fraction of sp³-hybridized carbons (Fsp3) is 0.222. The molecule has 0 unspecified atom stereocenters. The van der Waals surface area contributed by atoms with Crippen molar-refractivity contribution in [3.8, 4) is 6.07 Å². The third kappa shape index (κ3) is 1.91. The fourth-order valence-electron chi connectivity index (χ4n) is 1.05. The van der Waals surface area contributed by atoms with E-state index in [1.165, 1.54) is 0 Å². The normalized spacial score (nSPS) is 10.1. The molecule has 0 saturated heterocycles. The maximum atomic E-state index is 12.9. The highest BCUT2D eigenvalue weighted by Gasteiger charge is 2.24. The van der Waals surface area contributed by atoms with E-state index in [0.717, 1.165) is 0 Å². The van der Waals surface area contributed by atoms with E-state index in [1.807, 2.05) is 0 Å². The molecule has 0 N–H and O–H groups in total. The summed E-state index contributed by atoms with van der Waals surface area (Å²) in [5.41, 5.74) is -0.951. The van der Waals surface area contributed by atoms with Gasteiger partial charge in [-0.2, -0.15) is 5.26 Å². The van der Waals surface area contributed by atoms with Gasteiger partial charge >= 0.3 is 0 Å². The van der Waals surface area contributed by atoms with E-state index in [9.17, 15) is 22.0 Å². The number of benzene rings is 1. The second-order valence-electron chi connectivity index (χ2n) is 2.71. The Hall–Kier alpha value is -1.64. The summed E-state index contributed by atoms with van der Waals surface area (Å²) < 4.78 is 63.5. The van der Waals surface area contributed by atoms with Crippen LogP contribution in [-0.4, -0.2) is 0 Å². The smallest absolute Gasteiger partial charge is 0.200 e. The van der Waals surface area contributed by atoms with Gasteiger partial charge in [0.15, 0.2) is 23.3 Å². The van der Waals surface area contributed by atoms with Crippen LogP contribution in [0.2, 0.25) is 0 Å². The largest absolute Gasteiger partial charge is 0.203 e. The third-order valence-corrected chi connectivity index (χ3v) is 1.79. The Balaban J connectivity index is 3.33. The van der Waals surface area contributed by atoms with Crippen molar-refractivity contribution in [1.82, 2.24) is 0 Å². The van der Waals surface area contributed by atoms with Gasteiger partial charge in [0.25, 0.3) is 0 Å². The summed E-state index contributed by atoms with van der Waals surface area (Å²) in [6.07, 6.45) is -0.833. The van der Waals surface area contributed by atoms with Gasteiger partial charge < -0.3 is 0 Å². The molecule has 0 heterocycles. The fourth-order valence-corrected chi connectivity index (χ4v) is 1.05. The molecule has 80 valence electrons. The molecule has 0 aliphatic heterocycles. The van der Waals surface area contributed by atoms with Gasteiger partial charge in [-0.25, -0.2) is 22.0 Å². The van der Waals surface area contributed by atoms with Crippen LogP contribution < -0.4 is 0 Å². The van der Waals surface area contributed by atoms with E-state index >= 15 is 0 Å². The van der Waals surface area contributed by atoms with Crippen molar-refractivity contribution in [1.29, 1.82) is 5.26 Å². The lowest BCUT2D eigenvalue weighted by atomic mass is 10.1. The molecule has 1 aromatic carbocycles. The van der Waals surface area contributed by atoms with Crippen LogP contribution in [0.3, 0.4) is 0 Å². The van der Waals surface area contributed by atoms with Crippen molar-refractivity contribution < 1.29 is 22.0 Å². The number of nitriles is 1. The van der Waals surface area contributed by atoms with Crippen LogP contribution in [0.15, 0.2) is 0 Å². The first-order chi connectivity index (χ1) is 7.00. The SMILES string of the molecule is N#CCCc1c(F)c(F)c(F)c(F)c1F. The Kier molecular flexibility index (Phi) is 3.24. The minimum Gasteiger partial charge on any atom is -0.203 e. The Morgan fingerprint density at radius 1 is 0.800 bits per heavy atom. The minimum absolute atomic E-state index is 0.321. The summed E-state index contributed by atoms with van der Waals surface area (Å²) >= 11 is 0. The highest BCUT2D eigenvalue weighted by molar-refractivity contribution is 5.24. The predicted octanol–water partition coefficient (Wildman–Crippen LogP) is 2.84. The quantitative estimate of drug-likeness (QED) is 0.428. The van der Waals surface area contributed by atoms with Crippen molar-refractivity contribution in [2.45, 2.75) is 12.8 Å². The standard InChI is InChI=1S/C9H4F5N/c10-5-4(2-1-3-15)6(11)8(13)9(14)7(5)12/h1-2H2. The van der Waals surface area contributed by atoms with Crippen LogP contribution in [0.5, 0.6) is 0 Å². The molecule has 0 fully saturated rings. The minimum atomic E-state index is -2.19. The van der Waals surface area contributed by atoms with Crippen LogP contribution in [0.1, 0.15) is 12.0 Å². The average Bonchev–Trinajstić information content (AvgIpc) is 2.24.